The van der Waals surface area contributed by atoms with Gasteiger partial charge < -0.3 is 5.11 Å². The molecule has 2 rings (SSSR count). The monoisotopic (exact) mass is 190 g/mol. The third kappa shape index (κ3) is 1.57. The SMILES string of the molecule is CCc1cc2c(cc1C(C)O)CCC2. The standard InChI is InChI=1S/C13H18O/c1-3-10-7-11-5-4-6-12(11)8-13(10)9(2)14/h7-9,14H,3-6H2,1-2H3. The summed E-state index contributed by atoms with van der Waals surface area (Å²) in [6.45, 7) is 4.01. The van der Waals surface area contributed by atoms with E-state index in [4.69, 9.17) is 0 Å². The van der Waals surface area contributed by atoms with Crippen molar-refractivity contribution >= 4 is 0 Å². The molecular formula is C13H18O. The molecule has 0 spiro atoms. The van der Waals surface area contributed by atoms with Gasteiger partial charge in [0.1, 0.15) is 0 Å². The molecule has 0 aliphatic heterocycles. The maximum atomic E-state index is 9.67. The van der Waals surface area contributed by atoms with Crippen molar-refractivity contribution in [3.8, 4) is 0 Å². The molecule has 1 heteroatoms. The summed E-state index contributed by atoms with van der Waals surface area (Å²) in [7, 11) is 0. The van der Waals surface area contributed by atoms with E-state index in [0.717, 1.165) is 12.0 Å². The first-order chi connectivity index (χ1) is 6.72. The molecular weight excluding hydrogens is 172 g/mol. The number of hydrogen-bond donors (Lipinski definition) is 1. The van der Waals surface area contributed by atoms with Gasteiger partial charge in [-0.2, -0.15) is 0 Å². The minimum atomic E-state index is -0.323. The Morgan fingerprint density at radius 1 is 1.29 bits per heavy atom. The highest BCUT2D eigenvalue weighted by atomic mass is 16.3. The van der Waals surface area contributed by atoms with Crippen LogP contribution in [0.1, 0.15) is 48.6 Å². The van der Waals surface area contributed by atoms with Crippen LogP contribution in [0.3, 0.4) is 0 Å². The van der Waals surface area contributed by atoms with Crippen LogP contribution in [-0.4, -0.2) is 5.11 Å². The minimum absolute atomic E-state index is 0.323. The van der Waals surface area contributed by atoms with E-state index in [1.165, 1.54) is 36.0 Å². The van der Waals surface area contributed by atoms with E-state index < -0.39 is 0 Å². The van der Waals surface area contributed by atoms with Crippen molar-refractivity contribution < 1.29 is 5.11 Å². The summed E-state index contributed by atoms with van der Waals surface area (Å²) in [5.74, 6) is 0. The molecule has 1 aliphatic rings. The molecule has 14 heavy (non-hydrogen) atoms. The molecule has 1 aromatic carbocycles. The van der Waals surface area contributed by atoms with Gasteiger partial charge >= 0.3 is 0 Å². The molecule has 0 saturated heterocycles. The molecule has 0 bridgehead atoms. The minimum Gasteiger partial charge on any atom is -0.389 e. The fourth-order valence-electron chi connectivity index (χ4n) is 2.39. The zero-order valence-electron chi connectivity index (χ0n) is 9.01. The summed E-state index contributed by atoms with van der Waals surface area (Å²) in [5.41, 5.74) is 5.41. The van der Waals surface area contributed by atoms with Gasteiger partial charge in [-0.05, 0) is 54.9 Å². The van der Waals surface area contributed by atoms with Crippen molar-refractivity contribution in [2.45, 2.75) is 45.6 Å². The lowest BCUT2D eigenvalue weighted by Gasteiger charge is -2.13. The van der Waals surface area contributed by atoms with Crippen LogP contribution in [0.2, 0.25) is 0 Å². The van der Waals surface area contributed by atoms with Gasteiger partial charge in [-0.15, -0.1) is 0 Å². The molecule has 1 nitrogen and oxygen atoms in total. The summed E-state index contributed by atoms with van der Waals surface area (Å²) in [6, 6.07) is 4.51. The molecule has 0 saturated carbocycles. The summed E-state index contributed by atoms with van der Waals surface area (Å²) in [5, 5.41) is 9.67. The Morgan fingerprint density at radius 2 is 1.93 bits per heavy atom. The molecule has 1 N–H and O–H groups in total. The third-order valence-electron chi connectivity index (χ3n) is 3.18. The van der Waals surface area contributed by atoms with Gasteiger partial charge in [-0.1, -0.05) is 19.1 Å². The Balaban J connectivity index is 2.49. The number of aliphatic hydroxyl groups is 1. The first-order valence-electron chi connectivity index (χ1n) is 5.55. The maximum Gasteiger partial charge on any atom is 0.0764 e. The van der Waals surface area contributed by atoms with Gasteiger partial charge in [-0.25, -0.2) is 0 Å². The fourth-order valence-corrected chi connectivity index (χ4v) is 2.39. The van der Waals surface area contributed by atoms with Gasteiger partial charge in [0.15, 0.2) is 0 Å². The average molecular weight is 190 g/mol. The number of aryl methyl sites for hydroxylation is 3. The van der Waals surface area contributed by atoms with Crippen LogP contribution in [0.15, 0.2) is 12.1 Å². The predicted molar refractivity (Wildman–Crippen MR) is 58.5 cm³/mol. The molecule has 0 fully saturated rings. The molecule has 0 radical (unpaired) electrons. The summed E-state index contributed by atoms with van der Waals surface area (Å²) >= 11 is 0. The van der Waals surface area contributed by atoms with E-state index >= 15 is 0 Å². The number of rotatable bonds is 2. The Hall–Kier alpha value is -0.820. The van der Waals surface area contributed by atoms with Crippen molar-refractivity contribution in [3.63, 3.8) is 0 Å². The molecule has 1 atom stereocenters. The normalized spacial score (nSPS) is 16.8. The highest BCUT2D eigenvalue weighted by molar-refractivity contribution is 5.41. The molecule has 1 aromatic rings. The van der Waals surface area contributed by atoms with E-state index in [9.17, 15) is 5.11 Å². The van der Waals surface area contributed by atoms with Crippen LogP contribution >= 0.6 is 0 Å². The topological polar surface area (TPSA) is 20.2 Å². The van der Waals surface area contributed by atoms with Crippen LogP contribution in [0, 0.1) is 0 Å². The molecule has 0 heterocycles. The summed E-state index contributed by atoms with van der Waals surface area (Å²) in [6.07, 6.45) is 4.40. The smallest absolute Gasteiger partial charge is 0.0764 e. The highest BCUT2D eigenvalue weighted by Crippen LogP contribution is 2.28. The Kier molecular flexibility index (Phi) is 2.60. The second-order valence-corrected chi connectivity index (χ2v) is 4.20. The quantitative estimate of drug-likeness (QED) is 0.760. The van der Waals surface area contributed by atoms with Crippen molar-refractivity contribution in [2.24, 2.45) is 0 Å². The average Bonchev–Trinajstić information content (AvgIpc) is 2.62. The third-order valence-corrected chi connectivity index (χ3v) is 3.18. The zero-order valence-corrected chi connectivity index (χ0v) is 9.01. The fraction of sp³-hybridized carbons (Fsp3) is 0.538. The van der Waals surface area contributed by atoms with Crippen molar-refractivity contribution in [1.29, 1.82) is 0 Å². The molecule has 1 unspecified atom stereocenters. The molecule has 0 amide bonds. The molecule has 0 aromatic heterocycles. The summed E-state index contributed by atoms with van der Waals surface area (Å²) < 4.78 is 0. The molecule has 76 valence electrons. The van der Waals surface area contributed by atoms with E-state index in [-0.39, 0.29) is 6.10 Å². The van der Waals surface area contributed by atoms with Crippen molar-refractivity contribution in [2.75, 3.05) is 0 Å². The Labute approximate surface area is 85.8 Å². The van der Waals surface area contributed by atoms with Crippen molar-refractivity contribution in [3.05, 3.63) is 34.4 Å². The number of hydrogen-bond acceptors (Lipinski definition) is 1. The first-order valence-corrected chi connectivity index (χ1v) is 5.55. The van der Waals surface area contributed by atoms with Gasteiger partial charge in [0.2, 0.25) is 0 Å². The van der Waals surface area contributed by atoms with Crippen LogP contribution < -0.4 is 0 Å². The Bertz CT molecular complexity index is 339. The lowest BCUT2D eigenvalue weighted by molar-refractivity contribution is 0.198. The van der Waals surface area contributed by atoms with Crippen molar-refractivity contribution in [1.82, 2.24) is 0 Å². The van der Waals surface area contributed by atoms with Gasteiger partial charge in [0.25, 0.3) is 0 Å². The highest BCUT2D eigenvalue weighted by Gasteiger charge is 2.15. The molecule has 1 aliphatic carbocycles. The largest absolute Gasteiger partial charge is 0.389 e. The van der Waals surface area contributed by atoms with Crippen LogP contribution in [0.4, 0.5) is 0 Å². The van der Waals surface area contributed by atoms with Gasteiger partial charge in [-0.3, -0.25) is 0 Å². The van der Waals surface area contributed by atoms with Crippen LogP contribution in [0.5, 0.6) is 0 Å². The van der Waals surface area contributed by atoms with E-state index in [1.54, 1.807) is 0 Å². The Morgan fingerprint density at radius 3 is 2.50 bits per heavy atom. The van der Waals surface area contributed by atoms with Gasteiger partial charge in [0, 0.05) is 0 Å². The van der Waals surface area contributed by atoms with E-state index in [0.29, 0.717) is 0 Å². The zero-order chi connectivity index (χ0) is 10.1. The predicted octanol–water partition coefficient (Wildman–Crippen LogP) is 2.79. The van der Waals surface area contributed by atoms with E-state index in [1.807, 2.05) is 6.92 Å². The van der Waals surface area contributed by atoms with Crippen LogP contribution in [-0.2, 0) is 19.3 Å². The maximum absolute atomic E-state index is 9.67. The second kappa shape index (κ2) is 3.74. The first kappa shape index (κ1) is 9.72. The lowest BCUT2D eigenvalue weighted by atomic mass is 9.95. The summed E-state index contributed by atoms with van der Waals surface area (Å²) in [4.78, 5) is 0. The number of fused-ring (bicyclic) bond motifs is 1. The number of aliphatic hydroxyl groups excluding tert-OH is 1. The number of benzene rings is 1. The second-order valence-electron chi connectivity index (χ2n) is 4.20. The van der Waals surface area contributed by atoms with E-state index in [2.05, 4.69) is 19.1 Å². The van der Waals surface area contributed by atoms with Crippen LogP contribution in [0.25, 0.3) is 0 Å². The lowest BCUT2D eigenvalue weighted by Crippen LogP contribution is -2.00. The van der Waals surface area contributed by atoms with Gasteiger partial charge in [0.05, 0.1) is 6.10 Å².